The average molecular weight is 330 g/mol. The standard InChI is InChI=1S/C18H18O6/c1-10-9-18(2,22)24-15-8-12(23-17(21)16(10)15)5-3-11-4-6-13(19)14(20)7-11/h3-8,10,19-20,22H,9H2,1-2H3/b5-3+. The second kappa shape index (κ2) is 5.72. The van der Waals surface area contributed by atoms with Crippen LogP contribution >= 0.6 is 0 Å². The molecule has 1 aromatic heterocycles. The van der Waals surface area contributed by atoms with Crippen LogP contribution in [-0.2, 0) is 0 Å². The molecule has 0 fully saturated rings. The number of rotatable bonds is 2. The van der Waals surface area contributed by atoms with E-state index in [1.807, 2.05) is 6.92 Å². The minimum Gasteiger partial charge on any atom is -0.504 e. The topological polar surface area (TPSA) is 100 Å². The Balaban J connectivity index is 1.95. The van der Waals surface area contributed by atoms with Crippen molar-refractivity contribution in [2.45, 2.75) is 32.0 Å². The predicted octanol–water partition coefficient (Wildman–Crippen LogP) is 2.82. The summed E-state index contributed by atoms with van der Waals surface area (Å²) < 4.78 is 10.8. The number of hydrogen-bond donors (Lipinski definition) is 3. The molecule has 0 spiro atoms. The molecule has 0 aliphatic carbocycles. The number of phenolic OH excluding ortho intramolecular Hbond substituents is 2. The maximum Gasteiger partial charge on any atom is 0.343 e. The van der Waals surface area contributed by atoms with E-state index in [1.54, 1.807) is 31.2 Å². The Bertz CT molecular complexity index is 862. The summed E-state index contributed by atoms with van der Waals surface area (Å²) in [6.45, 7) is 3.39. The van der Waals surface area contributed by atoms with Gasteiger partial charge in [-0.2, -0.15) is 0 Å². The molecule has 0 bridgehead atoms. The minimum absolute atomic E-state index is 0.174. The molecular formula is C18H18O6. The summed E-state index contributed by atoms with van der Waals surface area (Å²) >= 11 is 0. The lowest BCUT2D eigenvalue weighted by atomic mass is 9.91. The second-order valence-electron chi connectivity index (χ2n) is 6.18. The van der Waals surface area contributed by atoms with Crippen LogP contribution in [0.5, 0.6) is 17.2 Å². The van der Waals surface area contributed by atoms with Gasteiger partial charge in [-0.3, -0.25) is 0 Å². The van der Waals surface area contributed by atoms with E-state index < -0.39 is 11.4 Å². The van der Waals surface area contributed by atoms with Crippen molar-refractivity contribution in [1.29, 1.82) is 0 Å². The zero-order valence-corrected chi connectivity index (χ0v) is 13.3. The van der Waals surface area contributed by atoms with Crippen molar-refractivity contribution < 1.29 is 24.5 Å². The molecule has 6 heteroatoms. The van der Waals surface area contributed by atoms with E-state index in [1.165, 1.54) is 12.1 Å². The molecule has 6 nitrogen and oxygen atoms in total. The van der Waals surface area contributed by atoms with Gasteiger partial charge in [-0.05, 0) is 29.7 Å². The van der Waals surface area contributed by atoms with Gasteiger partial charge >= 0.3 is 5.63 Å². The van der Waals surface area contributed by atoms with Crippen molar-refractivity contribution in [1.82, 2.24) is 0 Å². The van der Waals surface area contributed by atoms with Crippen LogP contribution in [-0.4, -0.2) is 21.1 Å². The molecule has 2 atom stereocenters. The van der Waals surface area contributed by atoms with Crippen LogP contribution in [0.25, 0.3) is 12.2 Å². The summed E-state index contributed by atoms with van der Waals surface area (Å²) in [5.41, 5.74) is 0.539. The first-order chi connectivity index (χ1) is 11.2. The molecule has 1 aliphatic heterocycles. The molecule has 24 heavy (non-hydrogen) atoms. The Kier molecular flexibility index (Phi) is 3.85. The average Bonchev–Trinajstić information content (AvgIpc) is 2.46. The minimum atomic E-state index is -1.33. The molecule has 0 saturated carbocycles. The van der Waals surface area contributed by atoms with Gasteiger partial charge in [0.05, 0.1) is 5.56 Å². The normalized spacial score (nSPS) is 23.0. The Morgan fingerprint density at radius 3 is 2.67 bits per heavy atom. The van der Waals surface area contributed by atoms with Gasteiger partial charge in [0.1, 0.15) is 11.5 Å². The quantitative estimate of drug-likeness (QED) is 0.732. The summed E-state index contributed by atoms with van der Waals surface area (Å²) in [5, 5.41) is 28.9. The van der Waals surface area contributed by atoms with Crippen molar-refractivity contribution in [3.8, 4) is 17.2 Å². The molecule has 2 aromatic rings. The van der Waals surface area contributed by atoms with Gasteiger partial charge in [0.2, 0.25) is 5.79 Å². The number of hydrogen-bond acceptors (Lipinski definition) is 6. The highest BCUT2D eigenvalue weighted by atomic mass is 16.6. The van der Waals surface area contributed by atoms with E-state index >= 15 is 0 Å². The Morgan fingerprint density at radius 2 is 1.96 bits per heavy atom. The fraction of sp³-hybridized carbons (Fsp3) is 0.278. The molecule has 126 valence electrons. The maximum absolute atomic E-state index is 12.2. The van der Waals surface area contributed by atoms with Gasteiger partial charge in [-0.15, -0.1) is 0 Å². The van der Waals surface area contributed by atoms with Crippen molar-refractivity contribution in [2.24, 2.45) is 0 Å². The molecule has 3 N–H and O–H groups in total. The molecule has 0 saturated heterocycles. The van der Waals surface area contributed by atoms with E-state index in [-0.39, 0.29) is 23.2 Å². The number of ether oxygens (including phenoxy) is 1. The third kappa shape index (κ3) is 3.14. The van der Waals surface area contributed by atoms with Crippen molar-refractivity contribution >= 4 is 12.2 Å². The van der Waals surface area contributed by atoms with Crippen LogP contribution in [0.15, 0.2) is 33.5 Å². The van der Waals surface area contributed by atoms with Crippen LogP contribution in [0.2, 0.25) is 0 Å². The summed E-state index contributed by atoms with van der Waals surface area (Å²) in [6.07, 6.45) is 3.48. The zero-order chi connectivity index (χ0) is 17.5. The highest BCUT2D eigenvalue weighted by Crippen LogP contribution is 2.38. The Labute approximate surface area is 138 Å². The molecule has 2 unspecified atom stereocenters. The molecular weight excluding hydrogens is 312 g/mol. The smallest absolute Gasteiger partial charge is 0.343 e. The third-order valence-corrected chi connectivity index (χ3v) is 3.92. The van der Waals surface area contributed by atoms with Crippen molar-refractivity contribution in [3.05, 3.63) is 51.6 Å². The second-order valence-corrected chi connectivity index (χ2v) is 6.18. The first-order valence-electron chi connectivity index (χ1n) is 7.55. The van der Waals surface area contributed by atoms with E-state index in [0.29, 0.717) is 23.3 Å². The summed E-state index contributed by atoms with van der Waals surface area (Å²) in [5.74, 6) is -1.38. The predicted molar refractivity (Wildman–Crippen MR) is 88.0 cm³/mol. The van der Waals surface area contributed by atoms with Crippen LogP contribution in [0.4, 0.5) is 0 Å². The first kappa shape index (κ1) is 16.1. The SMILES string of the molecule is CC1CC(C)(O)Oc2cc(/C=C/c3ccc(O)c(O)c3)oc(=O)c21. The van der Waals surface area contributed by atoms with E-state index in [0.717, 1.165) is 0 Å². The van der Waals surface area contributed by atoms with E-state index in [9.17, 15) is 20.1 Å². The van der Waals surface area contributed by atoms with Crippen molar-refractivity contribution in [2.75, 3.05) is 0 Å². The number of benzene rings is 1. The molecule has 3 rings (SSSR count). The van der Waals surface area contributed by atoms with Crippen LogP contribution in [0.1, 0.15) is 43.1 Å². The van der Waals surface area contributed by atoms with Crippen LogP contribution < -0.4 is 10.4 Å². The molecule has 1 aliphatic rings. The fourth-order valence-corrected chi connectivity index (χ4v) is 2.88. The van der Waals surface area contributed by atoms with Crippen molar-refractivity contribution in [3.63, 3.8) is 0 Å². The van der Waals surface area contributed by atoms with Gasteiger partial charge in [0.25, 0.3) is 0 Å². The fourth-order valence-electron chi connectivity index (χ4n) is 2.88. The summed E-state index contributed by atoms with van der Waals surface area (Å²) in [4.78, 5) is 12.2. The van der Waals surface area contributed by atoms with Gasteiger partial charge < -0.3 is 24.5 Å². The molecule has 2 heterocycles. The summed E-state index contributed by atoms with van der Waals surface area (Å²) in [6, 6.07) is 5.90. The van der Waals surface area contributed by atoms with E-state index in [4.69, 9.17) is 9.15 Å². The number of fused-ring (bicyclic) bond motifs is 1. The van der Waals surface area contributed by atoms with Crippen LogP contribution in [0.3, 0.4) is 0 Å². The lowest BCUT2D eigenvalue weighted by molar-refractivity contribution is -0.139. The molecule has 0 radical (unpaired) electrons. The maximum atomic E-state index is 12.2. The lowest BCUT2D eigenvalue weighted by Gasteiger charge is -2.33. The van der Waals surface area contributed by atoms with Gasteiger partial charge in [-0.25, -0.2) is 4.79 Å². The van der Waals surface area contributed by atoms with Gasteiger partial charge in [0.15, 0.2) is 11.5 Å². The zero-order valence-electron chi connectivity index (χ0n) is 13.3. The number of aromatic hydroxyl groups is 2. The molecule has 0 amide bonds. The monoisotopic (exact) mass is 330 g/mol. The van der Waals surface area contributed by atoms with Gasteiger partial charge in [-0.1, -0.05) is 19.1 Å². The third-order valence-electron chi connectivity index (χ3n) is 3.92. The number of aliphatic hydroxyl groups is 1. The number of phenols is 2. The highest BCUT2D eigenvalue weighted by Gasteiger charge is 2.35. The Morgan fingerprint density at radius 1 is 1.21 bits per heavy atom. The van der Waals surface area contributed by atoms with E-state index in [2.05, 4.69) is 0 Å². The van der Waals surface area contributed by atoms with Crippen LogP contribution in [0, 0.1) is 0 Å². The lowest BCUT2D eigenvalue weighted by Crippen LogP contribution is -2.39. The first-order valence-corrected chi connectivity index (χ1v) is 7.55. The highest BCUT2D eigenvalue weighted by molar-refractivity contribution is 5.69. The van der Waals surface area contributed by atoms with Gasteiger partial charge in [0, 0.05) is 19.4 Å². The molecule has 1 aromatic carbocycles. The Hall–Kier alpha value is -2.73. The largest absolute Gasteiger partial charge is 0.504 e. The summed E-state index contributed by atoms with van der Waals surface area (Å²) in [7, 11) is 0.